The molecule has 0 unspecified atom stereocenters. The fourth-order valence-electron chi connectivity index (χ4n) is 1.55. The van der Waals surface area contributed by atoms with Gasteiger partial charge in [-0.15, -0.1) is 0 Å². The van der Waals surface area contributed by atoms with Crippen molar-refractivity contribution in [2.45, 2.75) is 0 Å². The monoisotopic (exact) mass is 298 g/mol. The van der Waals surface area contributed by atoms with E-state index in [-0.39, 0.29) is 5.91 Å². The molecular weight excluding hydrogens is 284 g/mol. The summed E-state index contributed by atoms with van der Waals surface area (Å²) in [5.74, 6) is -0.340. The van der Waals surface area contributed by atoms with Crippen LogP contribution in [0, 0.1) is 0 Å². The van der Waals surface area contributed by atoms with E-state index in [0.29, 0.717) is 11.3 Å². The first-order chi connectivity index (χ1) is 10.7. The molecule has 22 heavy (non-hydrogen) atoms. The average Bonchev–Trinajstić information content (AvgIpc) is 2.57. The summed E-state index contributed by atoms with van der Waals surface area (Å²) in [5.41, 5.74) is 4.20. The van der Waals surface area contributed by atoms with Crippen LogP contribution in [0.3, 0.4) is 0 Å². The van der Waals surface area contributed by atoms with Gasteiger partial charge in [0.05, 0.1) is 18.9 Å². The number of rotatable bonds is 4. The number of nitrogens with one attached hydrogen (secondary N) is 2. The lowest BCUT2D eigenvalue weighted by molar-refractivity contribution is 0.0954. The molecular formula is C15H14N4O3. The number of carbonyl (C=O) groups is 2. The summed E-state index contributed by atoms with van der Waals surface area (Å²) >= 11 is 0. The third-order valence-electron chi connectivity index (χ3n) is 2.65. The highest BCUT2D eigenvalue weighted by molar-refractivity contribution is 5.94. The Labute approximate surface area is 127 Å². The number of aromatic nitrogens is 1. The second-order valence-electron chi connectivity index (χ2n) is 4.18. The summed E-state index contributed by atoms with van der Waals surface area (Å²) in [4.78, 5) is 26.6. The van der Waals surface area contributed by atoms with E-state index < -0.39 is 6.09 Å². The highest BCUT2D eigenvalue weighted by atomic mass is 16.5. The van der Waals surface area contributed by atoms with Crippen molar-refractivity contribution in [2.75, 3.05) is 12.4 Å². The normalized spacial score (nSPS) is 10.2. The first-order valence-corrected chi connectivity index (χ1v) is 6.37. The molecule has 1 aromatic heterocycles. The highest BCUT2D eigenvalue weighted by Gasteiger charge is 2.02. The third-order valence-corrected chi connectivity index (χ3v) is 2.65. The first kappa shape index (κ1) is 15.2. The van der Waals surface area contributed by atoms with Crippen LogP contribution in [-0.4, -0.2) is 30.3 Å². The summed E-state index contributed by atoms with van der Waals surface area (Å²) in [7, 11) is 1.29. The molecule has 0 bridgehead atoms. The van der Waals surface area contributed by atoms with Crippen molar-refractivity contribution in [2.24, 2.45) is 5.10 Å². The summed E-state index contributed by atoms with van der Waals surface area (Å²) in [6.07, 6.45) is 4.00. The molecule has 2 aromatic rings. The van der Waals surface area contributed by atoms with Crippen molar-refractivity contribution >= 4 is 23.9 Å². The van der Waals surface area contributed by atoms with Crippen molar-refractivity contribution in [1.82, 2.24) is 10.4 Å². The van der Waals surface area contributed by atoms with Gasteiger partial charge in [0, 0.05) is 18.1 Å². The minimum atomic E-state index is -0.537. The summed E-state index contributed by atoms with van der Waals surface area (Å²) < 4.78 is 4.49. The Morgan fingerprint density at radius 3 is 2.64 bits per heavy atom. The Balaban J connectivity index is 1.90. The molecule has 0 spiro atoms. The van der Waals surface area contributed by atoms with Crippen molar-refractivity contribution in [3.8, 4) is 0 Å². The summed E-state index contributed by atoms with van der Waals surface area (Å²) in [6, 6.07) is 10.2. The molecule has 0 aliphatic carbocycles. The second-order valence-corrected chi connectivity index (χ2v) is 4.18. The molecule has 0 fully saturated rings. The molecule has 0 aliphatic heterocycles. The Hall–Kier alpha value is -3.22. The van der Waals surface area contributed by atoms with Crippen molar-refractivity contribution in [1.29, 1.82) is 0 Å². The lowest BCUT2D eigenvalue weighted by Gasteiger charge is -2.03. The Bertz CT molecular complexity index is 669. The minimum Gasteiger partial charge on any atom is -0.453 e. The third kappa shape index (κ3) is 4.41. The molecule has 0 saturated heterocycles. The molecule has 7 nitrogen and oxygen atoms in total. The van der Waals surface area contributed by atoms with Crippen LogP contribution < -0.4 is 10.7 Å². The van der Waals surface area contributed by atoms with Gasteiger partial charge in [-0.2, -0.15) is 5.10 Å². The number of carbonyl (C=O) groups excluding carboxylic acids is 2. The predicted octanol–water partition coefficient (Wildman–Crippen LogP) is 2.02. The molecule has 0 saturated carbocycles. The number of hydrogen-bond acceptors (Lipinski definition) is 5. The Morgan fingerprint density at radius 2 is 2.00 bits per heavy atom. The quantitative estimate of drug-likeness (QED) is 0.667. The van der Waals surface area contributed by atoms with Crippen LogP contribution in [0.5, 0.6) is 0 Å². The maximum atomic E-state index is 11.7. The smallest absolute Gasteiger partial charge is 0.411 e. The van der Waals surface area contributed by atoms with E-state index in [9.17, 15) is 9.59 Å². The van der Waals surface area contributed by atoms with E-state index in [4.69, 9.17) is 0 Å². The number of benzene rings is 1. The number of amides is 2. The van der Waals surface area contributed by atoms with Crippen LogP contribution in [0.1, 0.15) is 15.9 Å². The number of nitrogens with zero attached hydrogens (tertiary/aromatic N) is 2. The first-order valence-electron chi connectivity index (χ1n) is 6.37. The standard InChI is InChI=1S/C15H14N4O3/c1-22-15(21)18-13-6-4-11(5-7-13)9-17-19-14(20)12-3-2-8-16-10-12/h2-10H,1H3,(H,18,21)(H,19,20)/b17-9+. The predicted molar refractivity (Wildman–Crippen MR) is 81.8 cm³/mol. The van der Waals surface area contributed by atoms with Gasteiger partial charge in [-0.25, -0.2) is 10.2 Å². The second kappa shape index (κ2) is 7.53. The van der Waals surface area contributed by atoms with Gasteiger partial charge < -0.3 is 4.74 Å². The molecule has 2 amide bonds. The van der Waals surface area contributed by atoms with Gasteiger partial charge in [-0.05, 0) is 29.8 Å². The van der Waals surface area contributed by atoms with Crippen LogP contribution in [-0.2, 0) is 4.74 Å². The zero-order valence-electron chi connectivity index (χ0n) is 11.8. The molecule has 2 N–H and O–H groups in total. The van der Waals surface area contributed by atoms with Gasteiger partial charge >= 0.3 is 6.09 Å². The van der Waals surface area contributed by atoms with Crippen LogP contribution in [0.4, 0.5) is 10.5 Å². The molecule has 0 aliphatic rings. The fourth-order valence-corrected chi connectivity index (χ4v) is 1.55. The minimum absolute atomic E-state index is 0.340. The van der Waals surface area contributed by atoms with E-state index in [2.05, 4.69) is 25.6 Å². The van der Waals surface area contributed by atoms with Crippen LogP contribution >= 0.6 is 0 Å². The fraction of sp³-hybridized carbons (Fsp3) is 0.0667. The number of ether oxygens (including phenoxy) is 1. The largest absolute Gasteiger partial charge is 0.453 e. The number of methoxy groups -OCH3 is 1. The van der Waals surface area contributed by atoms with E-state index in [0.717, 1.165) is 5.56 Å². The number of hydrazone groups is 1. The highest BCUT2D eigenvalue weighted by Crippen LogP contribution is 2.08. The van der Waals surface area contributed by atoms with Gasteiger partial charge in [-0.3, -0.25) is 15.1 Å². The SMILES string of the molecule is COC(=O)Nc1ccc(/C=N/NC(=O)c2cccnc2)cc1. The molecule has 1 heterocycles. The average molecular weight is 298 g/mol. The van der Waals surface area contributed by atoms with Crippen molar-refractivity contribution in [3.05, 3.63) is 59.9 Å². The van der Waals surface area contributed by atoms with Crippen LogP contribution in [0.25, 0.3) is 0 Å². The lowest BCUT2D eigenvalue weighted by atomic mass is 10.2. The van der Waals surface area contributed by atoms with Gasteiger partial charge in [0.15, 0.2) is 0 Å². The van der Waals surface area contributed by atoms with E-state index in [1.54, 1.807) is 42.6 Å². The number of pyridine rings is 1. The lowest BCUT2D eigenvalue weighted by Crippen LogP contribution is -2.17. The molecule has 0 radical (unpaired) electrons. The van der Waals surface area contributed by atoms with E-state index in [1.807, 2.05) is 0 Å². The van der Waals surface area contributed by atoms with Crippen LogP contribution in [0.2, 0.25) is 0 Å². The molecule has 2 rings (SSSR count). The topological polar surface area (TPSA) is 92.7 Å². The Kier molecular flexibility index (Phi) is 5.20. The van der Waals surface area contributed by atoms with Gasteiger partial charge in [-0.1, -0.05) is 12.1 Å². The summed E-state index contributed by atoms with van der Waals surface area (Å²) in [5, 5.41) is 6.39. The number of hydrogen-bond donors (Lipinski definition) is 2. The molecule has 112 valence electrons. The Morgan fingerprint density at radius 1 is 1.23 bits per heavy atom. The maximum Gasteiger partial charge on any atom is 0.411 e. The zero-order valence-corrected chi connectivity index (χ0v) is 11.8. The van der Waals surface area contributed by atoms with Gasteiger partial charge in [0.25, 0.3) is 5.91 Å². The van der Waals surface area contributed by atoms with Gasteiger partial charge in [0.1, 0.15) is 0 Å². The van der Waals surface area contributed by atoms with Crippen molar-refractivity contribution < 1.29 is 14.3 Å². The van der Waals surface area contributed by atoms with E-state index >= 15 is 0 Å². The molecule has 1 aromatic carbocycles. The number of anilines is 1. The summed E-state index contributed by atoms with van der Waals surface area (Å²) in [6.45, 7) is 0. The zero-order chi connectivity index (χ0) is 15.8. The van der Waals surface area contributed by atoms with Crippen LogP contribution in [0.15, 0.2) is 53.9 Å². The van der Waals surface area contributed by atoms with Gasteiger partial charge in [0.2, 0.25) is 0 Å². The molecule has 7 heteroatoms. The van der Waals surface area contributed by atoms with Crippen molar-refractivity contribution in [3.63, 3.8) is 0 Å². The van der Waals surface area contributed by atoms with E-state index in [1.165, 1.54) is 19.5 Å². The molecule has 0 atom stereocenters. The maximum absolute atomic E-state index is 11.7.